The van der Waals surface area contributed by atoms with Crippen LogP contribution in [0, 0.1) is 0 Å². The zero-order chi connectivity index (χ0) is 11.8. The van der Waals surface area contributed by atoms with Gasteiger partial charge in [-0.2, -0.15) is 0 Å². The Kier molecular flexibility index (Phi) is 13.5. The van der Waals surface area contributed by atoms with Crippen molar-refractivity contribution in [2.45, 2.75) is 20.0 Å². The van der Waals surface area contributed by atoms with Crippen molar-refractivity contribution >= 4 is 30.7 Å². The summed E-state index contributed by atoms with van der Waals surface area (Å²) in [5, 5.41) is 6.04. The van der Waals surface area contributed by atoms with Crippen molar-refractivity contribution in [2.75, 3.05) is 45.9 Å². The Morgan fingerprint density at radius 2 is 2.06 bits per heavy atom. The monoisotopic (exact) mass is 301 g/mol. The number of likely N-dealkylation sites (N-methyl/N-ethyl adjacent to an activating group) is 2. The molecule has 1 atom stereocenters. The number of hydrogen-bond acceptors (Lipinski definition) is 4. The Morgan fingerprint density at radius 1 is 1.33 bits per heavy atom. The van der Waals surface area contributed by atoms with Crippen LogP contribution in [0.15, 0.2) is 0 Å². The van der Waals surface area contributed by atoms with Gasteiger partial charge in [0.1, 0.15) is 6.10 Å². The van der Waals surface area contributed by atoms with Gasteiger partial charge in [-0.1, -0.05) is 13.8 Å². The van der Waals surface area contributed by atoms with Crippen LogP contribution in [0.1, 0.15) is 13.8 Å². The molecule has 0 aromatic rings. The van der Waals surface area contributed by atoms with Gasteiger partial charge < -0.3 is 15.4 Å². The average Bonchev–Trinajstić information content (AvgIpc) is 2.34. The van der Waals surface area contributed by atoms with E-state index in [9.17, 15) is 4.79 Å². The zero-order valence-electron chi connectivity index (χ0n) is 11.1. The number of carbonyl (C=O) groups is 1. The number of morpholine rings is 1. The Labute approximate surface area is 122 Å². The first kappa shape index (κ1) is 20.3. The van der Waals surface area contributed by atoms with Gasteiger partial charge in [0.15, 0.2) is 0 Å². The van der Waals surface area contributed by atoms with E-state index in [1.165, 1.54) is 0 Å². The number of halogens is 2. The van der Waals surface area contributed by atoms with Crippen LogP contribution in [0.4, 0.5) is 0 Å². The fourth-order valence-corrected chi connectivity index (χ4v) is 1.71. The van der Waals surface area contributed by atoms with E-state index in [4.69, 9.17) is 4.74 Å². The Morgan fingerprint density at radius 3 is 2.67 bits per heavy atom. The molecular weight excluding hydrogens is 277 g/mol. The van der Waals surface area contributed by atoms with E-state index in [0.717, 1.165) is 26.2 Å². The van der Waals surface area contributed by atoms with Crippen LogP contribution in [0.3, 0.4) is 0 Å². The van der Waals surface area contributed by atoms with E-state index >= 15 is 0 Å². The molecule has 110 valence electrons. The van der Waals surface area contributed by atoms with Gasteiger partial charge in [0, 0.05) is 26.2 Å². The highest BCUT2D eigenvalue weighted by Crippen LogP contribution is 2.04. The largest absolute Gasteiger partial charge is 0.366 e. The summed E-state index contributed by atoms with van der Waals surface area (Å²) in [6.07, 6.45) is -0.296. The van der Waals surface area contributed by atoms with Crippen molar-refractivity contribution in [1.29, 1.82) is 0 Å². The molecule has 0 saturated carbocycles. The maximum absolute atomic E-state index is 11.7. The highest BCUT2D eigenvalue weighted by atomic mass is 35.5. The number of hydrogen-bond donors (Lipinski definition) is 2. The smallest absolute Gasteiger partial charge is 0.250 e. The second-order valence-electron chi connectivity index (χ2n) is 3.90. The van der Waals surface area contributed by atoms with E-state index in [-0.39, 0.29) is 36.8 Å². The summed E-state index contributed by atoms with van der Waals surface area (Å²) in [5.41, 5.74) is 0. The molecule has 5 nitrogen and oxygen atoms in total. The summed E-state index contributed by atoms with van der Waals surface area (Å²) in [5.74, 6) is 0.0102. The SMILES string of the molecule is CCNCCNC(=O)C1CN(CC)CCO1.Cl.Cl. The van der Waals surface area contributed by atoms with Gasteiger partial charge in [-0.05, 0) is 13.1 Å². The number of ether oxygens (including phenoxy) is 1. The number of rotatable bonds is 6. The predicted octanol–water partition coefficient (Wildman–Crippen LogP) is 0.276. The van der Waals surface area contributed by atoms with Crippen molar-refractivity contribution in [1.82, 2.24) is 15.5 Å². The van der Waals surface area contributed by atoms with Gasteiger partial charge in [0.2, 0.25) is 0 Å². The molecular formula is C11H25Cl2N3O2. The minimum atomic E-state index is -0.296. The summed E-state index contributed by atoms with van der Waals surface area (Å²) >= 11 is 0. The fraction of sp³-hybridized carbons (Fsp3) is 0.909. The van der Waals surface area contributed by atoms with Crippen molar-refractivity contribution in [2.24, 2.45) is 0 Å². The third kappa shape index (κ3) is 7.38. The van der Waals surface area contributed by atoms with Crippen molar-refractivity contribution < 1.29 is 9.53 Å². The lowest BCUT2D eigenvalue weighted by Gasteiger charge is -2.31. The lowest BCUT2D eigenvalue weighted by Crippen LogP contribution is -2.50. The van der Waals surface area contributed by atoms with Crippen LogP contribution in [0.25, 0.3) is 0 Å². The third-order valence-electron chi connectivity index (χ3n) is 2.74. The second-order valence-corrected chi connectivity index (χ2v) is 3.90. The number of carbonyl (C=O) groups excluding carboxylic acids is 1. The van der Waals surface area contributed by atoms with Crippen LogP contribution in [-0.4, -0.2) is 62.8 Å². The molecule has 0 spiro atoms. The molecule has 2 N–H and O–H groups in total. The molecule has 18 heavy (non-hydrogen) atoms. The van der Waals surface area contributed by atoms with Crippen molar-refractivity contribution in [3.8, 4) is 0 Å². The van der Waals surface area contributed by atoms with E-state index in [2.05, 4.69) is 22.5 Å². The predicted molar refractivity (Wildman–Crippen MR) is 77.9 cm³/mol. The number of nitrogens with one attached hydrogen (secondary N) is 2. The molecule has 1 amide bonds. The molecule has 1 fully saturated rings. The maximum Gasteiger partial charge on any atom is 0.250 e. The highest BCUT2D eigenvalue weighted by molar-refractivity contribution is 5.85. The van der Waals surface area contributed by atoms with Gasteiger partial charge >= 0.3 is 0 Å². The van der Waals surface area contributed by atoms with Crippen LogP contribution >= 0.6 is 24.8 Å². The molecule has 1 unspecified atom stereocenters. The molecule has 0 bridgehead atoms. The minimum absolute atomic E-state index is 0. The summed E-state index contributed by atoms with van der Waals surface area (Å²) < 4.78 is 5.45. The number of amides is 1. The van der Waals surface area contributed by atoms with E-state index in [1.54, 1.807) is 0 Å². The molecule has 1 saturated heterocycles. The standard InChI is InChI=1S/C11H23N3O2.2ClH/c1-3-12-5-6-13-11(15)10-9-14(4-2)7-8-16-10;;/h10,12H,3-9H2,1-2H3,(H,13,15);2*1H. The van der Waals surface area contributed by atoms with Crippen LogP contribution in [0.5, 0.6) is 0 Å². The first-order chi connectivity index (χ1) is 7.77. The van der Waals surface area contributed by atoms with Gasteiger partial charge in [-0.3, -0.25) is 9.69 Å². The Balaban J connectivity index is 0. The fourth-order valence-electron chi connectivity index (χ4n) is 1.71. The van der Waals surface area contributed by atoms with Crippen LogP contribution < -0.4 is 10.6 Å². The van der Waals surface area contributed by atoms with Crippen LogP contribution in [0.2, 0.25) is 0 Å². The molecule has 0 aliphatic carbocycles. The maximum atomic E-state index is 11.7. The molecule has 1 aliphatic heterocycles. The molecule has 1 aliphatic rings. The Bertz CT molecular complexity index is 220. The van der Waals surface area contributed by atoms with Crippen molar-refractivity contribution in [3.63, 3.8) is 0 Å². The van der Waals surface area contributed by atoms with E-state index in [1.807, 2.05) is 6.92 Å². The molecule has 0 aromatic heterocycles. The summed E-state index contributed by atoms with van der Waals surface area (Å²) in [7, 11) is 0. The van der Waals surface area contributed by atoms with Gasteiger partial charge in [-0.15, -0.1) is 24.8 Å². The lowest BCUT2D eigenvalue weighted by molar-refractivity contribution is -0.138. The summed E-state index contributed by atoms with van der Waals surface area (Å²) in [4.78, 5) is 14.0. The normalized spacial score (nSPS) is 19.6. The van der Waals surface area contributed by atoms with Crippen LogP contribution in [-0.2, 0) is 9.53 Å². The van der Waals surface area contributed by atoms with Gasteiger partial charge in [0.05, 0.1) is 6.61 Å². The lowest BCUT2D eigenvalue weighted by atomic mass is 10.2. The van der Waals surface area contributed by atoms with Gasteiger partial charge in [0.25, 0.3) is 5.91 Å². The Hall–Kier alpha value is -0.0700. The average molecular weight is 302 g/mol. The van der Waals surface area contributed by atoms with E-state index in [0.29, 0.717) is 19.7 Å². The molecule has 0 radical (unpaired) electrons. The van der Waals surface area contributed by atoms with Crippen molar-refractivity contribution in [3.05, 3.63) is 0 Å². The molecule has 7 heteroatoms. The second kappa shape index (κ2) is 12.0. The highest BCUT2D eigenvalue weighted by Gasteiger charge is 2.25. The van der Waals surface area contributed by atoms with E-state index < -0.39 is 0 Å². The summed E-state index contributed by atoms with van der Waals surface area (Å²) in [6, 6.07) is 0. The third-order valence-corrected chi connectivity index (χ3v) is 2.74. The summed E-state index contributed by atoms with van der Waals surface area (Å²) in [6.45, 7) is 9.83. The minimum Gasteiger partial charge on any atom is -0.366 e. The molecule has 1 rings (SSSR count). The molecule has 1 heterocycles. The van der Waals surface area contributed by atoms with Gasteiger partial charge in [-0.25, -0.2) is 0 Å². The molecule has 0 aromatic carbocycles. The quantitative estimate of drug-likeness (QED) is 0.692. The number of nitrogens with zero attached hydrogens (tertiary/aromatic N) is 1. The first-order valence-corrected chi connectivity index (χ1v) is 6.10. The topological polar surface area (TPSA) is 53.6 Å². The first-order valence-electron chi connectivity index (χ1n) is 6.10. The zero-order valence-corrected chi connectivity index (χ0v) is 12.7.